The first kappa shape index (κ1) is 26.0. The van der Waals surface area contributed by atoms with Crippen LogP contribution in [-0.4, -0.2) is 45.8 Å². The quantitative estimate of drug-likeness (QED) is 0.300. The molecular formula is C23H19ClF3N9O3. The second kappa shape index (κ2) is 9.90. The molecule has 5 rings (SSSR count). The van der Waals surface area contributed by atoms with Gasteiger partial charge in [0.1, 0.15) is 12.1 Å². The molecule has 3 heterocycles. The summed E-state index contributed by atoms with van der Waals surface area (Å²) in [7, 11) is 4.74. The lowest BCUT2D eigenvalue weighted by atomic mass is 10.2. The maximum Gasteiger partial charge on any atom is 0.355 e. The molecule has 5 aromatic rings. The van der Waals surface area contributed by atoms with Crippen LogP contribution < -0.4 is 21.4 Å². The molecule has 12 nitrogen and oxygen atoms in total. The maximum atomic E-state index is 14.6. The van der Waals surface area contributed by atoms with Crippen molar-refractivity contribution < 1.29 is 17.9 Å². The van der Waals surface area contributed by atoms with Crippen molar-refractivity contribution >= 4 is 34.1 Å². The minimum atomic E-state index is -1.39. The minimum absolute atomic E-state index is 0.141. The molecule has 0 saturated carbocycles. The summed E-state index contributed by atoms with van der Waals surface area (Å²) >= 11 is 6.43. The third-order valence-corrected chi connectivity index (χ3v) is 6.13. The van der Waals surface area contributed by atoms with Crippen LogP contribution in [0.3, 0.4) is 0 Å². The van der Waals surface area contributed by atoms with Crippen molar-refractivity contribution in [1.29, 1.82) is 0 Å². The van der Waals surface area contributed by atoms with E-state index in [-0.39, 0.29) is 34.6 Å². The zero-order chi connectivity index (χ0) is 28.0. The molecule has 0 bridgehead atoms. The molecule has 0 fully saturated rings. The van der Waals surface area contributed by atoms with E-state index in [9.17, 15) is 22.8 Å². The van der Waals surface area contributed by atoms with Crippen LogP contribution in [0.5, 0.6) is 5.88 Å². The summed E-state index contributed by atoms with van der Waals surface area (Å²) < 4.78 is 51.9. The van der Waals surface area contributed by atoms with Crippen LogP contribution in [0.15, 0.2) is 40.2 Å². The van der Waals surface area contributed by atoms with Crippen molar-refractivity contribution in [2.45, 2.75) is 13.1 Å². The summed E-state index contributed by atoms with van der Waals surface area (Å²) in [6, 6.07) is 4.09. The minimum Gasteiger partial charge on any atom is -0.481 e. The number of hydrogen-bond donors (Lipinski definition) is 1. The van der Waals surface area contributed by atoms with Gasteiger partial charge in [0, 0.05) is 25.7 Å². The fraction of sp³-hybridized carbons (Fsp3) is 0.217. The second-order valence-electron chi connectivity index (χ2n) is 8.47. The second-order valence-corrected chi connectivity index (χ2v) is 8.88. The van der Waals surface area contributed by atoms with Crippen LogP contribution >= 0.6 is 11.6 Å². The monoisotopic (exact) mass is 561 g/mol. The molecule has 0 aliphatic carbocycles. The van der Waals surface area contributed by atoms with Crippen LogP contribution in [0.1, 0.15) is 11.4 Å². The fourth-order valence-corrected chi connectivity index (χ4v) is 4.22. The number of hydrogen-bond acceptors (Lipinski definition) is 8. The van der Waals surface area contributed by atoms with Crippen LogP contribution in [0.2, 0.25) is 5.02 Å². The Balaban J connectivity index is 1.66. The normalized spacial score (nSPS) is 11.4. The lowest BCUT2D eigenvalue weighted by Crippen LogP contribution is -2.43. The van der Waals surface area contributed by atoms with Gasteiger partial charge in [-0.1, -0.05) is 11.6 Å². The Kier molecular flexibility index (Phi) is 6.59. The van der Waals surface area contributed by atoms with E-state index in [0.717, 1.165) is 9.13 Å². The largest absolute Gasteiger partial charge is 0.481 e. The molecule has 1 N–H and O–H groups in total. The number of ether oxygens (including phenoxy) is 1. The average molecular weight is 562 g/mol. The van der Waals surface area contributed by atoms with Crippen molar-refractivity contribution in [3.63, 3.8) is 0 Å². The summed E-state index contributed by atoms with van der Waals surface area (Å²) in [5.41, 5.74) is -1.54. The highest BCUT2D eigenvalue weighted by molar-refractivity contribution is 6.34. The third-order valence-electron chi connectivity index (χ3n) is 5.82. The first-order valence-corrected chi connectivity index (χ1v) is 11.6. The molecule has 0 aliphatic heterocycles. The number of anilines is 2. The van der Waals surface area contributed by atoms with E-state index in [1.54, 1.807) is 20.2 Å². The first-order chi connectivity index (χ1) is 18.5. The standard InChI is InChI=1S/C23H19ClF3N9O3/c1-33-10-28-19(32-33)9-36-22(37)30-21(35(23(36)38)8-11-4-15(26)16(27)7-14(11)25)29-18-5-12-17(6-13(18)24)31-34(2)20(12)39-3/h4-7,10H,8-9H2,1-3H3,(H,29,30,37). The zero-order valence-corrected chi connectivity index (χ0v) is 21.4. The number of methoxy groups -OCH3 is 1. The van der Waals surface area contributed by atoms with Crippen molar-refractivity contribution in [3.8, 4) is 5.88 Å². The van der Waals surface area contributed by atoms with Crippen molar-refractivity contribution in [2.75, 3.05) is 12.4 Å². The maximum absolute atomic E-state index is 14.6. The van der Waals surface area contributed by atoms with Crippen LogP contribution in [0, 0.1) is 17.5 Å². The molecule has 0 amide bonds. The van der Waals surface area contributed by atoms with Gasteiger partial charge in [0.25, 0.3) is 0 Å². The fourth-order valence-electron chi connectivity index (χ4n) is 4.01. The molecule has 0 aliphatic rings. The number of benzene rings is 2. The number of rotatable bonds is 7. The Labute approximate surface area is 221 Å². The van der Waals surface area contributed by atoms with Gasteiger partial charge < -0.3 is 10.1 Å². The predicted octanol–water partition coefficient (Wildman–Crippen LogP) is 2.34. The molecular weight excluding hydrogens is 543 g/mol. The van der Waals surface area contributed by atoms with E-state index in [1.165, 1.54) is 28.9 Å². The number of fused-ring (bicyclic) bond motifs is 1. The molecule has 0 saturated heterocycles. The Morgan fingerprint density at radius 1 is 0.974 bits per heavy atom. The van der Waals surface area contributed by atoms with Gasteiger partial charge in [-0.15, -0.1) is 0 Å². The third kappa shape index (κ3) is 4.83. The number of halogens is 4. The zero-order valence-electron chi connectivity index (χ0n) is 20.6. The Bertz CT molecular complexity index is 1860. The summed E-state index contributed by atoms with van der Waals surface area (Å²) in [5.74, 6) is -3.58. The molecule has 39 heavy (non-hydrogen) atoms. The molecule has 0 atom stereocenters. The highest BCUT2D eigenvalue weighted by Crippen LogP contribution is 2.34. The summed E-state index contributed by atoms with van der Waals surface area (Å²) in [6.07, 6.45) is 1.38. The van der Waals surface area contributed by atoms with Gasteiger partial charge in [0.05, 0.1) is 41.8 Å². The van der Waals surface area contributed by atoms with Gasteiger partial charge in [-0.05, 0) is 18.2 Å². The number of aromatic nitrogens is 8. The molecule has 2 aromatic carbocycles. The predicted molar refractivity (Wildman–Crippen MR) is 134 cm³/mol. The number of nitrogens with zero attached hydrogens (tertiary/aromatic N) is 8. The number of nitrogens with one attached hydrogen (secondary N) is 1. The van der Waals surface area contributed by atoms with Gasteiger partial charge in [-0.3, -0.25) is 9.25 Å². The summed E-state index contributed by atoms with van der Waals surface area (Å²) in [4.78, 5) is 34.4. The van der Waals surface area contributed by atoms with Crippen molar-refractivity contribution in [3.05, 3.63) is 85.4 Å². The van der Waals surface area contributed by atoms with E-state index in [0.29, 0.717) is 28.9 Å². The molecule has 16 heteroatoms. The number of aryl methyl sites for hydroxylation is 2. The van der Waals surface area contributed by atoms with E-state index in [1.807, 2.05) is 0 Å². The van der Waals surface area contributed by atoms with Crippen LogP contribution in [-0.2, 0) is 27.2 Å². The van der Waals surface area contributed by atoms with E-state index in [4.69, 9.17) is 16.3 Å². The smallest absolute Gasteiger partial charge is 0.355 e. The lowest BCUT2D eigenvalue weighted by molar-refractivity contribution is 0.377. The van der Waals surface area contributed by atoms with Crippen molar-refractivity contribution in [2.24, 2.45) is 14.1 Å². The summed E-state index contributed by atoms with van der Waals surface area (Å²) in [6.45, 7) is -0.950. The lowest BCUT2D eigenvalue weighted by Gasteiger charge is -2.16. The molecule has 202 valence electrons. The molecule has 0 spiro atoms. The average Bonchev–Trinajstić information content (AvgIpc) is 3.43. The Hall–Kier alpha value is -4.66. The summed E-state index contributed by atoms with van der Waals surface area (Å²) in [5, 5.41) is 11.9. The molecule has 0 radical (unpaired) electrons. The van der Waals surface area contributed by atoms with E-state index >= 15 is 0 Å². The Morgan fingerprint density at radius 3 is 2.41 bits per heavy atom. The van der Waals surface area contributed by atoms with Gasteiger partial charge >= 0.3 is 11.4 Å². The van der Waals surface area contributed by atoms with Gasteiger partial charge in [-0.2, -0.15) is 15.2 Å². The van der Waals surface area contributed by atoms with Crippen LogP contribution in [0.25, 0.3) is 10.9 Å². The van der Waals surface area contributed by atoms with E-state index in [2.05, 4.69) is 25.5 Å². The van der Waals surface area contributed by atoms with Crippen molar-refractivity contribution in [1.82, 2.24) is 38.7 Å². The highest BCUT2D eigenvalue weighted by atomic mass is 35.5. The van der Waals surface area contributed by atoms with E-state index < -0.39 is 35.4 Å². The molecule has 0 unspecified atom stereocenters. The topological polar surface area (TPSA) is 127 Å². The van der Waals surface area contributed by atoms with Gasteiger partial charge in [-0.25, -0.2) is 37.0 Å². The van der Waals surface area contributed by atoms with Gasteiger partial charge in [0.2, 0.25) is 11.8 Å². The van der Waals surface area contributed by atoms with Crippen LogP contribution in [0.4, 0.5) is 24.8 Å². The molecule has 3 aromatic heterocycles. The highest BCUT2D eigenvalue weighted by Gasteiger charge is 2.20. The van der Waals surface area contributed by atoms with Gasteiger partial charge in [0.15, 0.2) is 17.5 Å². The Morgan fingerprint density at radius 2 is 1.72 bits per heavy atom. The SMILES string of the molecule is COc1c2cc(Nc3nc(=O)n(Cc4ncn(C)n4)c(=O)n3Cc3cc(F)c(F)cc3F)c(Cl)cc2nn1C. The first-order valence-electron chi connectivity index (χ1n) is 11.2.